The fourth-order valence-corrected chi connectivity index (χ4v) is 2.92. The van der Waals surface area contributed by atoms with Crippen molar-refractivity contribution in [2.75, 3.05) is 26.1 Å². The molecule has 7 heteroatoms. The zero-order valence-corrected chi connectivity index (χ0v) is 14.8. The Morgan fingerprint density at radius 2 is 2.12 bits per heavy atom. The Morgan fingerprint density at radius 3 is 2.81 bits per heavy atom. The minimum absolute atomic E-state index is 0.0440. The van der Waals surface area contributed by atoms with E-state index in [1.807, 2.05) is 18.2 Å². The third-order valence-electron chi connectivity index (χ3n) is 4.33. The van der Waals surface area contributed by atoms with Crippen LogP contribution in [-0.2, 0) is 16.1 Å². The summed E-state index contributed by atoms with van der Waals surface area (Å²) in [7, 11) is 3.09. The van der Waals surface area contributed by atoms with E-state index in [-0.39, 0.29) is 18.2 Å². The van der Waals surface area contributed by atoms with Gasteiger partial charge >= 0.3 is 0 Å². The standard InChI is InChI=1S/C19H21N3O4/c1-25-15-6-7-16(17(10-15)26-2)21-19(24)13-9-18(23)22(11-13)12-14-5-3-4-8-20-14/h3-8,10,13H,9,11-12H2,1-2H3,(H,21,24). The van der Waals surface area contributed by atoms with E-state index >= 15 is 0 Å². The molecule has 0 radical (unpaired) electrons. The van der Waals surface area contributed by atoms with Gasteiger partial charge in [-0.3, -0.25) is 14.6 Å². The van der Waals surface area contributed by atoms with E-state index in [1.165, 1.54) is 7.11 Å². The van der Waals surface area contributed by atoms with E-state index in [1.54, 1.807) is 36.4 Å². The number of pyridine rings is 1. The van der Waals surface area contributed by atoms with Gasteiger partial charge in [0.1, 0.15) is 11.5 Å². The van der Waals surface area contributed by atoms with Gasteiger partial charge in [-0.2, -0.15) is 0 Å². The lowest BCUT2D eigenvalue weighted by Gasteiger charge is -2.16. The van der Waals surface area contributed by atoms with Crippen LogP contribution in [0.5, 0.6) is 11.5 Å². The lowest BCUT2D eigenvalue weighted by atomic mass is 10.1. The van der Waals surface area contributed by atoms with E-state index in [4.69, 9.17) is 9.47 Å². The summed E-state index contributed by atoms with van der Waals surface area (Å²) in [6.07, 6.45) is 1.88. The summed E-state index contributed by atoms with van der Waals surface area (Å²) >= 11 is 0. The van der Waals surface area contributed by atoms with Crippen LogP contribution in [0.4, 0.5) is 5.69 Å². The minimum atomic E-state index is -0.405. The number of likely N-dealkylation sites (tertiary alicyclic amines) is 1. The second-order valence-electron chi connectivity index (χ2n) is 6.05. The molecule has 2 amide bonds. The quantitative estimate of drug-likeness (QED) is 0.858. The summed E-state index contributed by atoms with van der Waals surface area (Å²) < 4.78 is 10.4. The highest BCUT2D eigenvalue weighted by molar-refractivity contribution is 5.98. The number of carbonyl (C=O) groups excluding carboxylic acids is 2. The zero-order chi connectivity index (χ0) is 18.5. The van der Waals surface area contributed by atoms with E-state index < -0.39 is 5.92 Å². The average Bonchev–Trinajstić information content (AvgIpc) is 3.03. The minimum Gasteiger partial charge on any atom is -0.497 e. The van der Waals surface area contributed by atoms with Gasteiger partial charge in [0.15, 0.2) is 0 Å². The second kappa shape index (κ2) is 7.86. The molecule has 1 atom stereocenters. The first-order valence-electron chi connectivity index (χ1n) is 8.31. The fraction of sp³-hybridized carbons (Fsp3) is 0.316. The van der Waals surface area contributed by atoms with Crippen molar-refractivity contribution in [3.63, 3.8) is 0 Å². The van der Waals surface area contributed by atoms with Crippen molar-refractivity contribution in [1.29, 1.82) is 0 Å². The smallest absolute Gasteiger partial charge is 0.229 e. The second-order valence-corrected chi connectivity index (χ2v) is 6.05. The van der Waals surface area contributed by atoms with Crippen molar-refractivity contribution in [2.45, 2.75) is 13.0 Å². The monoisotopic (exact) mass is 355 g/mol. The molecule has 1 aromatic carbocycles. The molecule has 1 aliphatic heterocycles. The van der Waals surface area contributed by atoms with Crippen LogP contribution >= 0.6 is 0 Å². The van der Waals surface area contributed by atoms with E-state index in [0.29, 0.717) is 30.3 Å². The van der Waals surface area contributed by atoms with Crippen LogP contribution in [0.3, 0.4) is 0 Å². The summed E-state index contributed by atoms with van der Waals surface area (Å²) in [6.45, 7) is 0.787. The van der Waals surface area contributed by atoms with Crippen LogP contribution in [-0.4, -0.2) is 42.5 Å². The Morgan fingerprint density at radius 1 is 1.27 bits per heavy atom. The summed E-state index contributed by atoms with van der Waals surface area (Å²) in [5, 5.41) is 2.85. The van der Waals surface area contributed by atoms with Gasteiger partial charge in [0.2, 0.25) is 11.8 Å². The first kappa shape index (κ1) is 17.7. The molecule has 2 heterocycles. The first-order chi connectivity index (χ1) is 12.6. The summed E-state index contributed by atoms with van der Waals surface area (Å²) in [5.74, 6) is 0.491. The molecule has 136 valence electrons. The number of hydrogen-bond donors (Lipinski definition) is 1. The third-order valence-corrected chi connectivity index (χ3v) is 4.33. The van der Waals surface area contributed by atoms with Crippen molar-refractivity contribution in [3.05, 3.63) is 48.3 Å². The number of benzene rings is 1. The number of methoxy groups -OCH3 is 2. The van der Waals surface area contributed by atoms with Crippen LogP contribution in [0, 0.1) is 5.92 Å². The van der Waals surface area contributed by atoms with E-state index in [9.17, 15) is 9.59 Å². The molecule has 26 heavy (non-hydrogen) atoms. The normalized spacial score (nSPS) is 16.5. The van der Waals surface area contributed by atoms with Gasteiger partial charge in [-0.25, -0.2) is 0 Å². The first-order valence-corrected chi connectivity index (χ1v) is 8.31. The lowest BCUT2D eigenvalue weighted by Crippen LogP contribution is -2.28. The van der Waals surface area contributed by atoms with E-state index in [2.05, 4.69) is 10.3 Å². The molecule has 3 rings (SSSR count). The Balaban J connectivity index is 1.65. The highest BCUT2D eigenvalue weighted by Gasteiger charge is 2.34. The summed E-state index contributed by atoms with van der Waals surface area (Å²) in [6, 6.07) is 10.7. The van der Waals surface area contributed by atoms with Crippen LogP contribution < -0.4 is 14.8 Å². The van der Waals surface area contributed by atoms with Crippen molar-refractivity contribution in [1.82, 2.24) is 9.88 Å². The van der Waals surface area contributed by atoms with Crippen LogP contribution in [0.2, 0.25) is 0 Å². The number of hydrogen-bond acceptors (Lipinski definition) is 5. The molecule has 2 aromatic rings. The fourth-order valence-electron chi connectivity index (χ4n) is 2.92. The van der Waals surface area contributed by atoms with E-state index in [0.717, 1.165) is 5.69 Å². The van der Waals surface area contributed by atoms with Crippen molar-refractivity contribution >= 4 is 17.5 Å². The predicted octanol–water partition coefficient (Wildman–Crippen LogP) is 2.09. The van der Waals surface area contributed by atoms with Crippen LogP contribution in [0.15, 0.2) is 42.6 Å². The number of aromatic nitrogens is 1. The van der Waals surface area contributed by atoms with Crippen LogP contribution in [0.25, 0.3) is 0 Å². The Kier molecular flexibility index (Phi) is 5.36. The van der Waals surface area contributed by atoms with Crippen molar-refractivity contribution in [2.24, 2.45) is 5.92 Å². The Bertz CT molecular complexity index is 795. The number of amides is 2. The maximum Gasteiger partial charge on any atom is 0.229 e. The number of nitrogens with one attached hydrogen (secondary N) is 1. The number of nitrogens with zero attached hydrogens (tertiary/aromatic N) is 2. The van der Waals surface area contributed by atoms with Gasteiger partial charge in [-0.1, -0.05) is 6.07 Å². The Hall–Kier alpha value is -3.09. The molecule has 0 bridgehead atoms. The maximum absolute atomic E-state index is 12.6. The highest BCUT2D eigenvalue weighted by Crippen LogP contribution is 2.30. The summed E-state index contributed by atoms with van der Waals surface area (Å²) in [4.78, 5) is 30.7. The molecule has 1 N–H and O–H groups in total. The van der Waals surface area contributed by atoms with Crippen molar-refractivity contribution < 1.29 is 19.1 Å². The molecule has 1 aliphatic rings. The molecule has 0 spiro atoms. The molecular formula is C19H21N3O4. The third kappa shape index (κ3) is 3.93. The average molecular weight is 355 g/mol. The Labute approximate surface area is 151 Å². The summed E-state index contributed by atoms with van der Waals surface area (Å²) in [5.41, 5.74) is 1.35. The molecule has 1 saturated heterocycles. The number of anilines is 1. The molecule has 1 unspecified atom stereocenters. The number of ether oxygens (including phenoxy) is 2. The molecular weight excluding hydrogens is 334 g/mol. The SMILES string of the molecule is COc1ccc(NC(=O)C2CC(=O)N(Cc3ccccn3)C2)c(OC)c1. The molecule has 0 aliphatic carbocycles. The van der Waals surface area contributed by atoms with Gasteiger partial charge in [0.05, 0.1) is 38.1 Å². The molecule has 0 saturated carbocycles. The van der Waals surface area contributed by atoms with Crippen LogP contribution in [0.1, 0.15) is 12.1 Å². The van der Waals surface area contributed by atoms with Gasteiger partial charge in [0, 0.05) is 25.2 Å². The molecule has 1 fully saturated rings. The van der Waals surface area contributed by atoms with Gasteiger partial charge in [-0.15, -0.1) is 0 Å². The van der Waals surface area contributed by atoms with Gasteiger partial charge in [0.25, 0.3) is 0 Å². The molecule has 7 nitrogen and oxygen atoms in total. The molecule has 1 aromatic heterocycles. The maximum atomic E-state index is 12.6. The van der Waals surface area contributed by atoms with Gasteiger partial charge < -0.3 is 19.7 Å². The largest absolute Gasteiger partial charge is 0.497 e. The number of rotatable bonds is 6. The topological polar surface area (TPSA) is 80.8 Å². The highest BCUT2D eigenvalue weighted by atomic mass is 16.5. The van der Waals surface area contributed by atoms with Gasteiger partial charge in [-0.05, 0) is 24.3 Å². The van der Waals surface area contributed by atoms with Crippen molar-refractivity contribution in [3.8, 4) is 11.5 Å². The number of carbonyl (C=O) groups is 2. The zero-order valence-electron chi connectivity index (χ0n) is 14.8. The predicted molar refractivity (Wildman–Crippen MR) is 95.9 cm³/mol. The lowest BCUT2D eigenvalue weighted by molar-refractivity contribution is -0.128.